The number of aliphatic carboxylic acids is 1. The van der Waals surface area contributed by atoms with Crippen LogP contribution in [0, 0.1) is 5.92 Å². The molecule has 5 rings (SSSR count). The molecule has 1 aromatic heterocycles. The third-order valence-electron chi connectivity index (χ3n) is 6.74. The molecule has 1 fully saturated rings. The third-order valence-corrected chi connectivity index (χ3v) is 6.74. The fourth-order valence-corrected chi connectivity index (χ4v) is 5.00. The maximum atomic E-state index is 12.7. The maximum absolute atomic E-state index is 12.7. The van der Waals surface area contributed by atoms with Crippen molar-refractivity contribution in [2.75, 3.05) is 13.2 Å². The van der Waals surface area contributed by atoms with Gasteiger partial charge in [0.2, 0.25) is 0 Å². The van der Waals surface area contributed by atoms with Crippen LogP contribution in [0.2, 0.25) is 0 Å². The van der Waals surface area contributed by atoms with Gasteiger partial charge in [0, 0.05) is 18.5 Å². The number of amides is 2. The molecule has 1 aliphatic carbocycles. The van der Waals surface area contributed by atoms with Crippen LogP contribution in [0.25, 0.3) is 11.1 Å². The van der Waals surface area contributed by atoms with Crippen LogP contribution in [-0.2, 0) is 16.1 Å². The van der Waals surface area contributed by atoms with Gasteiger partial charge in [0.15, 0.2) is 11.5 Å². The van der Waals surface area contributed by atoms with Crippen LogP contribution in [0.3, 0.4) is 0 Å². The fraction of sp³-hybridized carbons (Fsp3) is 0.308. The number of rotatable bonds is 6. The van der Waals surface area contributed by atoms with Gasteiger partial charge in [-0.3, -0.25) is 4.79 Å². The van der Waals surface area contributed by atoms with Crippen LogP contribution in [0.15, 0.2) is 59.1 Å². The molecule has 0 bridgehead atoms. The number of likely N-dealkylation sites (tertiary alicyclic amines) is 1. The molecule has 1 saturated heterocycles. The number of alkyl carbamates (subject to hydrolysis) is 1. The van der Waals surface area contributed by atoms with Gasteiger partial charge in [-0.05, 0) is 34.6 Å². The van der Waals surface area contributed by atoms with E-state index in [1.165, 1.54) is 11.0 Å². The Bertz CT molecular complexity index is 1240. The van der Waals surface area contributed by atoms with E-state index >= 15 is 0 Å². The highest BCUT2D eigenvalue weighted by Gasteiger charge is 2.40. The first-order valence-electron chi connectivity index (χ1n) is 11.5. The summed E-state index contributed by atoms with van der Waals surface area (Å²) >= 11 is 0. The Morgan fingerprint density at radius 1 is 1.11 bits per heavy atom. The SMILES string of the molecule is CC1CCN(C(=O)c2cc(CNC(=O)OCC3c4ccccc4-c4ccccc43)on2)C1C(=O)O. The van der Waals surface area contributed by atoms with E-state index in [0.717, 1.165) is 22.3 Å². The molecular weight excluding hydrogens is 450 g/mol. The number of fused-ring (bicyclic) bond motifs is 3. The zero-order valence-electron chi connectivity index (χ0n) is 19.1. The first-order valence-corrected chi connectivity index (χ1v) is 11.5. The fourth-order valence-electron chi connectivity index (χ4n) is 5.00. The van der Waals surface area contributed by atoms with E-state index < -0.39 is 24.0 Å². The van der Waals surface area contributed by atoms with Crippen LogP contribution < -0.4 is 5.32 Å². The second kappa shape index (κ2) is 9.25. The number of nitrogens with zero attached hydrogens (tertiary/aromatic N) is 2. The van der Waals surface area contributed by atoms with Crippen molar-refractivity contribution in [2.24, 2.45) is 5.92 Å². The molecule has 180 valence electrons. The van der Waals surface area contributed by atoms with Crippen molar-refractivity contribution in [3.63, 3.8) is 0 Å². The monoisotopic (exact) mass is 475 g/mol. The summed E-state index contributed by atoms with van der Waals surface area (Å²) in [6.45, 7) is 2.31. The molecule has 2 atom stereocenters. The van der Waals surface area contributed by atoms with Gasteiger partial charge in [-0.1, -0.05) is 60.6 Å². The molecule has 2 aliphatic rings. The summed E-state index contributed by atoms with van der Waals surface area (Å²) in [5.41, 5.74) is 4.54. The zero-order chi connectivity index (χ0) is 24.5. The van der Waals surface area contributed by atoms with Gasteiger partial charge in [-0.15, -0.1) is 0 Å². The minimum absolute atomic E-state index is 0.00897. The highest BCUT2D eigenvalue weighted by molar-refractivity contribution is 5.95. The normalized spacial score (nSPS) is 18.7. The molecule has 0 radical (unpaired) electrons. The Morgan fingerprint density at radius 3 is 2.43 bits per heavy atom. The minimum Gasteiger partial charge on any atom is -0.480 e. The molecule has 0 spiro atoms. The number of hydrogen-bond acceptors (Lipinski definition) is 6. The molecule has 9 heteroatoms. The quantitative estimate of drug-likeness (QED) is 0.558. The number of benzene rings is 2. The predicted octanol–water partition coefficient (Wildman–Crippen LogP) is 3.65. The number of hydrogen-bond donors (Lipinski definition) is 2. The third kappa shape index (κ3) is 4.25. The van der Waals surface area contributed by atoms with Crippen molar-refractivity contribution >= 4 is 18.0 Å². The average molecular weight is 476 g/mol. The summed E-state index contributed by atoms with van der Waals surface area (Å²) < 4.78 is 10.7. The van der Waals surface area contributed by atoms with Gasteiger partial charge < -0.3 is 24.6 Å². The van der Waals surface area contributed by atoms with Crippen LogP contribution in [0.4, 0.5) is 4.79 Å². The van der Waals surface area contributed by atoms with Gasteiger partial charge in [-0.25, -0.2) is 9.59 Å². The van der Waals surface area contributed by atoms with E-state index in [4.69, 9.17) is 9.26 Å². The first kappa shape index (κ1) is 22.6. The van der Waals surface area contributed by atoms with E-state index in [1.54, 1.807) is 6.92 Å². The van der Waals surface area contributed by atoms with Gasteiger partial charge >= 0.3 is 12.1 Å². The zero-order valence-corrected chi connectivity index (χ0v) is 19.1. The topological polar surface area (TPSA) is 122 Å². The lowest BCUT2D eigenvalue weighted by atomic mass is 9.98. The number of carbonyl (C=O) groups excluding carboxylic acids is 2. The number of carbonyl (C=O) groups is 3. The molecule has 2 amide bonds. The summed E-state index contributed by atoms with van der Waals surface area (Å²) in [4.78, 5) is 37.9. The van der Waals surface area contributed by atoms with E-state index in [1.807, 2.05) is 36.4 Å². The highest BCUT2D eigenvalue weighted by atomic mass is 16.5. The number of ether oxygens (including phenoxy) is 1. The lowest BCUT2D eigenvalue weighted by molar-refractivity contribution is -0.142. The second-order valence-electron chi connectivity index (χ2n) is 8.91. The lowest BCUT2D eigenvalue weighted by Gasteiger charge is -2.22. The summed E-state index contributed by atoms with van der Waals surface area (Å²) in [5.74, 6) is -1.46. The minimum atomic E-state index is -1.04. The predicted molar refractivity (Wildman–Crippen MR) is 125 cm³/mol. The molecule has 2 aromatic carbocycles. The molecule has 9 nitrogen and oxygen atoms in total. The molecule has 3 aromatic rings. The molecule has 0 saturated carbocycles. The van der Waals surface area contributed by atoms with E-state index in [2.05, 4.69) is 22.6 Å². The van der Waals surface area contributed by atoms with E-state index in [0.29, 0.717) is 13.0 Å². The number of carboxylic acid groups (broad SMARTS) is 1. The summed E-state index contributed by atoms with van der Waals surface area (Å²) in [5, 5.41) is 15.8. The van der Waals surface area contributed by atoms with Crippen molar-refractivity contribution in [3.05, 3.63) is 77.2 Å². The maximum Gasteiger partial charge on any atom is 0.407 e. The lowest BCUT2D eigenvalue weighted by Crippen LogP contribution is -2.42. The van der Waals surface area contributed by atoms with Crippen LogP contribution in [-0.4, -0.2) is 52.3 Å². The standard InChI is InChI=1S/C26H25N3O6/c1-15-10-11-29(23(15)25(31)32)24(30)22-12-16(35-28-22)13-27-26(33)34-14-21-19-8-4-2-6-17(19)18-7-3-5-9-20(18)21/h2-9,12,15,21,23H,10-11,13-14H2,1H3,(H,27,33)(H,31,32). The second-order valence-corrected chi connectivity index (χ2v) is 8.91. The molecular formula is C26H25N3O6. The van der Waals surface area contributed by atoms with Gasteiger partial charge in [0.1, 0.15) is 12.6 Å². The summed E-state index contributed by atoms with van der Waals surface area (Å²) in [6, 6.07) is 16.7. The molecule has 2 heterocycles. The Labute approximate surface area is 201 Å². The molecule has 2 N–H and O–H groups in total. The van der Waals surface area contributed by atoms with Crippen molar-refractivity contribution < 1.29 is 28.8 Å². The Kier molecular flexibility index (Phi) is 5.98. The smallest absolute Gasteiger partial charge is 0.407 e. The van der Waals surface area contributed by atoms with E-state index in [-0.39, 0.29) is 36.4 Å². The Hall–Kier alpha value is -4.14. The van der Waals surface area contributed by atoms with Crippen molar-refractivity contribution in [3.8, 4) is 11.1 Å². The van der Waals surface area contributed by atoms with Crippen molar-refractivity contribution in [1.29, 1.82) is 0 Å². The van der Waals surface area contributed by atoms with Crippen LogP contribution in [0.5, 0.6) is 0 Å². The van der Waals surface area contributed by atoms with Crippen LogP contribution in [0.1, 0.15) is 46.6 Å². The summed E-state index contributed by atoms with van der Waals surface area (Å²) in [7, 11) is 0. The molecule has 1 aliphatic heterocycles. The molecule has 35 heavy (non-hydrogen) atoms. The average Bonchev–Trinajstić information content (AvgIpc) is 3.57. The van der Waals surface area contributed by atoms with Crippen molar-refractivity contribution in [2.45, 2.75) is 31.8 Å². The van der Waals surface area contributed by atoms with Gasteiger partial charge in [-0.2, -0.15) is 0 Å². The Morgan fingerprint density at radius 2 is 1.77 bits per heavy atom. The molecule has 2 unspecified atom stereocenters. The number of nitrogens with one attached hydrogen (secondary N) is 1. The largest absolute Gasteiger partial charge is 0.480 e. The van der Waals surface area contributed by atoms with Gasteiger partial charge in [0.25, 0.3) is 5.91 Å². The summed E-state index contributed by atoms with van der Waals surface area (Å²) in [6.07, 6.45) is -0.00743. The van der Waals surface area contributed by atoms with E-state index in [9.17, 15) is 19.5 Å². The number of carboxylic acids is 1. The van der Waals surface area contributed by atoms with Gasteiger partial charge in [0.05, 0.1) is 6.54 Å². The van der Waals surface area contributed by atoms with Crippen molar-refractivity contribution in [1.82, 2.24) is 15.4 Å². The highest BCUT2D eigenvalue weighted by Crippen LogP contribution is 2.44. The first-order chi connectivity index (χ1) is 16.9. The number of aromatic nitrogens is 1. The Balaban J connectivity index is 1.17. The van der Waals surface area contributed by atoms with Crippen LogP contribution >= 0.6 is 0 Å².